The molecule has 1 heterocycles. The Balaban J connectivity index is 1.82. The average molecular weight is 244 g/mol. The van der Waals surface area contributed by atoms with Gasteiger partial charge in [0.25, 0.3) is 0 Å². The fourth-order valence-corrected chi connectivity index (χ4v) is 2.06. The molecule has 1 aromatic carbocycles. The van der Waals surface area contributed by atoms with Crippen molar-refractivity contribution in [3.05, 3.63) is 29.8 Å². The molecule has 1 saturated heterocycles. The SMILES string of the molecule is Cc1ccccc1OCCN1CC(C#N)CC1=O. The molecule has 1 aromatic rings. The molecule has 1 aliphatic rings. The van der Waals surface area contributed by atoms with E-state index >= 15 is 0 Å². The molecular formula is C14H16N2O2. The third-order valence-electron chi connectivity index (χ3n) is 3.11. The zero-order chi connectivity index (χ0) is 13.0. The molecule has 1 fully saturated rings. The average Bonchev–Trinajstić information content (AvgIpc) is 2.73. The van der Waals surface area contributed by atoms with E-state index in [9.17, 15) is 4.79 Å². The number of ether oxygens (including phenoxy) is 1. The van der Waals surface area contributed by atoms with Crippen LogP contribution in [0.15, 0.2) is 24.3 Å². The molecule has 1 aliphatic heterocycles. The Kier molecular flexibility index (Phi) is 3.83. The monoisotopic (exact) mass is 244 g/mol. The van der Waals surface area contributed by atoms with Gasteiger partial charge in [0.05, 0.1) is 18.5 Å². The van der Waals surface area contributed by atoms with Crippen LogP contribution in [0.1, 0.15) is 12.0 Å². The van der Waals surface area contributed by atoms with E-state index in [1.807, 2.05) is 31.2 Å². The minimum absolute atomic E-state index is 0.0509. The predicted octanol–water partition coefficient (Wildman–Crippen LogP) is 1.75. The minimum atomic E-state index is -0.157. The second-order valence-corrected chi connectivity index (χ2v) is 4.48. The van der Waals surface area contributed by atoms with Crippen molar-refractivity contribution in [2.45, 2.75) is 13.3 Å². The van der Waals surface area contributed by atoms with Gasteiger partial charge in [-0.2, -0.15) is 5.26 Å². The van der Waals surface area contributed by atoms with Crippen LogP contribution in [0.25, 0.3) is 0 Å². The van der Waals surface area contributed by atoms with Gasteiger partial charge in [-0.15, -0.1) is 0 Å². The summed E-state index contributed by atoms with van der Waals surface area (Å²) in [7, 11) is 0. The molecule has 0 bridgehead atoms. The molecule has 2 rings (SSSR count). The first-order valence-electron chi connectivity index (χ1n) is 6.06. The van der Waals surface area contributed by atoms with E-state index in [0.717, 1.165) is 11.3 Å². The number of likely N-dealkylation sites (tertiary alicyclic amines) is 1. The lowest BCUT2D eigenvalue weighted by Crippen LogP contribution is -2.29. The maximum Gasteiger partial charge on any atom is 0.224 e. The molecule has 94 valence electrons. The van der Waals surface area contributed by atoms with Crippen molar-refractivity contribution in [1.29, 1.82) is 5.26 Å². The maximum atomic E-state index is 11.6. The van der Waals surface area contributed by atoms with Crippen molar-refractivity contribution in [2.24, 2.45) is 5.92 Å². The summed E-state index contributed by atoms with van der Waals surface area (Å²) < 4.78 is 5.64. The summed E-state index contributed by atoms with van der Waals surface area (Å²) >= 11 is 0. The summed E-state index contributed by atoms with van der Waals surface area (Å²) in [6, 6.07) is 9.93. The van der Waals surface area contributed by atoms with E-state index in [4.69, 9.17) is 10.00 Å². The highest BCUT2D eigenvalue weighted by atomic mass is 16.5. The minimum Gasteiger partial charge on any atom is -0.491 e. The summed E-state index contributed by atoms with van der Waals surface area (Å²) in [5, 5.41) is 8.78. The molecule has 0 aromatic heterocycles. The molecule has 0 saturated carbocycles. The first kappa shape index (κ1) is 12.4. The van der Waals surface area contributed by atoms with Gasteiger partial charge in [-0.3, -0.25) is 4.79 Å². The smallest absolute Gasteiger partial charge is 0.224 e. The maximum absolute atomic E-state index is 11.6. The molecule has 1 amide bonds. The highest BCUT2D eigenvalue weighted by Crippen LogP contribution is 2.18. The van der Waals surface area contributed by atoms with Crippen molar-refractivity contribution < 1.29 is 9.53 Å². The number of carbonyl (C=O) groups is 1. The summed E-state index contributed by atoms with van der Waals surface area (Å²) in [6.07, 6.45) is 0.348. The van der Waals surface area contributed by atoms with Gasteiger partial charge in [0.15, 0.2) is 0 Å². The van der Waals surface area contributed by atoms with Crippen LogP contribution in [-0.2, 0) is 4.79 Å². The number of hydrogen-bond donors (Lipinski definition) is 0. The number of benzene rings is 1. The molecule has 18 heavy (non-hydrogen) atoms. The topological polar surface area (TPSA) is 53.3 Å². The second-order valence-electron chi connectivity index (χ2n) is 4.48. The van der Waals surface area contributed by atoms with Crippen molar-refractivity contribution in [2.75, 3.05) is 19.7 Å². The number of para-hydroxylation sites is 1. The standard InChI is InChI=1S/C14H16N2O2/c1-11-4-2-3-5-13(11)18-7-6-16-10-12(9-15)8-14(16)17/h2-5,12H,6-8,10H2,1H3. The number of carbonyl (C=O) groups excluding carboxylic acids is 1. The second kappa shape index (κ2) is 5.54. The lowest BCUT2D eigenvalue weighted by atomic mass is 10.1. The highest BCUT2D eigenvalue weighted by molar-refractivity contribution is 5.79. The number of rotatable bonds is 4. The quantitative estimate of drug-likeness (QED) is 0.810. The molecule has 1 atom stereocenters. The van der Waals surface area contributed by atoms with Crippen LogP contribution in [0.3, 0.4) is 0 Å². The van der Waals surface area contributed by atoms with Crippen LogP contribution in [0.2, 0.25) is 0 Å². The number of nitrogens with zero attached hydrogens (tertiary/aromatic N) is 2. The van der Waals surface area contributed by atoms with Crippen LogP contribution in [0, 0.1) is 24.2 Å². The fraction of sp³-hybridized carbons (Fsp3) is 0.429. The van der Waals surface area contributed by atoms with Gasteiger partial charge in [-0.1, -0.05) is 18.2 Å². The Morgan fingerprint density at radius 2 is 2.28 bits per heavy atom. The van der Waals surface area contributed by atoms with Crippen molar-refractivity contribution in [3.63, 3.8) is 0 Å². The van der Waals surface area contributed by atoms with Crippen molar-refractivity contribution in [1.82, 2.24) is 4.90 Å². The lowest BCUT2D eigenvalue weighted by Gasteiger charge is -2.16. The van der Waals surface area contributed by atoms with Crippen LogP contribution >= 0.6 is 0 Å². The lowest BCUT2D eigenvalue weighted by molar-refractivity contribution is -0.128. The van der Waals surface area contributed by atoms with E-state index in [-0.39, 0.29) is 11.8 Å². The van der Waals surface area contributed by atoms with Gasteiger partial charge in [0.1, 0.15) is 12.4 Å². The molecule has 0 aliphatic carbocycles. The van der Waals surface area contributed by atoms with Gasteiger partial charge in [-0.25, -0.2) is 0 Å². The largest absolute Gasteiger partial charge is 0.491 e. The first-order chi connectivity index (χ1) is 8.70. The van der Waals surface area contributed by atoms with Crippen LogP contribution in [0.4, 0.5) is 0 Å². The number of aryl methyl sites for hydroxylation is 1. The first-order valence-corrected chi connectivity index (χ1v) is 6.06. The molecule has 4 heteroatoms. The van der Waals surface area contributed by atoms with E-state index in [1.165, 1.54) is 0 Å². The molecule has 0 N–H and O–H groups in total. The number of nitriles is 1. The van der Waals surface area contributed by atoms with Gasteiger partial charge in [-0.05, 0) is 18.6 Å². The van der Waals surface area contributed by atoms with Crippen molar-refractivity contribution >= 4 is 5.91 Å². The third kappa shape index (κ3) is 2.80. The Bertz CT molecular complexity index is 479. The van der Waals surface area contributed by atoms with Crippen LogP contribution in [-0.4, -0.2) is 30.5 Å². The summed E-state index contributed by atoms with van der Waals surface area (Å²) in [6.45, 7) is 3.54. The molecule has 1 unspecified atom stereocenters. The van der Waals surface area contributed by atoms with E-state index in [1.54, 1.807) is 4.90 Å². The van der Waals surface area contributed by atoms with Crippen LogP contribution in [0.5, 0.6) is 5.75 Å². The van der Waals surface area contributed by atoms with Gasteiger partial charge >= 0.3 is 0 Å². The normalized spacial score (nSPS) is 18.8. The molecule has 4 nitrogen and oxygen atoms in total. The summed E-state index contributed by atoms with van der Waals surface area (Å²) in [5.41, 5.74) is 1.08. The fourth-order valence-electron chi connectivity index (χ4n) is 2.06. The summed E-state index contributed by atoms with van der Waals surface area (Å²) in [5.74, 6) is 0.742. The summed E-state index contributed by atoms with van der Waals surface area (Å²) in [4.78, 5) is 13.3. The van der Waals surface area contributed by atoms with Crippen molar-refractivity contribution in [3.8, 4) is 11.8 Å². The van der Waals surface area contributed by atoms with Crippen LogP contribution < -0.4 is 4.74 Å². The highest BCUT2D eigenvalue weighted by Gasteiger charge is 2.28. The zero-order valence-corrected chi connectivity index (χ0v) is 10.4. The van der Waals surface area contributed by atoms with Gasteiger partial charge in [0.2, 0.25) is 5.91 Å². The predicted molar refractivity (Wildman–Crippen MR) is 67.0 cm³/mol. The van der Waals surface area contributed by atoms with E-state index in [0.29, 0.717) is 26.1 Å². The van der Waals surface area contributed by atoms with E-state index < -0.39 is 0 Å². The zero-order valence-electron chi connectivity index (χ0n) is 10.4. The Morgan fingerprint density at radius 3 is 2.94 bits per heavy atom. The number of hydrogen-bond acceptors (Lipinski definition) is 3. The molecule has 0 spiro atoms. The molecular weight excluding hydrogens is 228 g/mol. The Morgan fingerprint density at radius 1 is 1.50 bits per heavy atom. The Hall–Kier alpha value is -2.02. The van der Waals surface area contributed by atoms with E-state index in [2.05, 4.69) is 6.07 Å². The third-order valence-corrected chi connectivity index (χ3v) is 3.11. The number of amides is 1. The Labute approximate surface area is 107 Å². The van der Waals surface area contributed by atoms with Gasteiger partial charge < -0.3 is 9.64 Å². The van der Waals surface area contributed by atoms with Gasteiger partial charge in [0, 0.05) is 13.0 Å². The molecule has 0 radical (unpaired) electrons.